The molecular weight excluding hydrogens is 216 g/mol. The summed E-state index contributed by atoms with van der Waals surface area (Å²) in [5.41, 5.74) is 0.997. The first kappa shape index (κ1) is 12.1. The van der Waals surface area contributed by atoms with Crippen LogP contribution in [-0.4, -0.2) is 46.8 Å². The molecule has 5 nitrogen and oxygen atoms in total. The summed E-state index contributed by atoms with van der Waals surface area (Å²) in [7, 11) is 0. The summed E-state index contributed by atoms with van der Waals surface area (Å²) in [6.07, 6.45) is 3.51. The summed E-state index contributed by atoms with van der Waals surface area (Å²) >= 11 is 0. The van der Waals surface area contributed by atoms with E-state index in [0.717, 1.165) is 38.3 Å². The van der Waals surface area contributed by atoms with Crippen LogP contribution < -0.4 is 5.32 Å². The van der Waals surface area contributed by atoms with E-state index in [2.05, 4.69) is 10.4 Å². The predicted molar refractivity (Wildman–Crippen MR) is 65.6 cm³/mol. The van der Waals surface area contributed by atoms with Crippen LogP contribution in [0.15, 0.2) is 12.3 Å². The molecule has 1 aliphatic rings. The molecule has 5 heteroatoms. The molecule has 1 aromatic rings. The Hall–Kier alpha value is -1.36. The van der Waals surface area contributed by atoms with Gasteiger partial charge in [-0.3, -0.25) is 9.48 Å². The van der Waals surface area contributed by atoms with E-state index in [1.54, 1.807) is 0 Å². The van der Waals surface area contributed by atoms with Gasteiger partial charge in [0.15, 0.2) is 0 Å². The van der Waals surface area contributed by atoms with Crippen LogP contribution in [0.25, 0.3) is 0 Å². The van der Waals surface area contributed by atoms with E-state index >= 15 is 0 Å². The van der Waals surface area contributed by atoms with E-state index in [9.17, 15) is 4.79 Å². The van der Waals surface area contributed by atoms with Crippen LogP contribution in [0.4, 0.5) is 0 Å². The van der Waals surface area contributed by atoms with E-state index in [-0.39, 0.29) is 5.91 Å². The first-order chi connectivity index (χ1) is 8.25. The van der Waals surface area contributed by atoms with Crippen LogP contribution in [0.3, 0.4) is 0 Å². The standard InChI is InChI=1S/C12H20N4O/c1-11-3-8-16(14-11)9-4-12(17)15-7-2-5-13-6-10-15/h3,8,13H,2,4-7,9-10H2,1H3. The third kappa shape index (κ3) is 3.56. The van der Waals surface area contributed by atoms with Gasteiger partial charge in [-0.05, 0) is 26.0 Å². The van der Waals surface area contributed by atoms with Gasteiger partial charge >= 0.3 is 0 Å². The second-order valence-corrected chi connectivity index (χ2v) is 4.45. The normalized spacial score (nSPS) is 16.9. The predicted octanol–water partition coefficient (Wildman–Crippen LogP) is 0.404. The number of aryl methyl sites for hydroxylation is 2. The molecule has 0 aromatic carbocycles. The summed E-state index contributed by atoms with van der Waals surface area (Å²) < 4.78 is 1.84. The lowest BCUT2D eigenvalue weighted by Gasteiger charge is -2.19. The molecule has 0 spiro atoms. The Balaban J connectivity index is 1.79. The first-order valence-corrected chi connectivity index (χ1v) is 6.24. The zero-order chi connectivity index (χ0) is 12.1. The Labute approximate surface area is 102 Å². The number of rotatable bonds is 3. The minimum absolute atomic E-state index is 0.238. The fraction of sp³-hybridized carbons (Fsp3) is 0.667. The molecule has 94 valence electrons. The van der Waals surface area contributed by atoms with Crippen molar-refractivity contribution in [2.75, 3.05) is 26.2 Å². The van der Waals surface area contributed by atoms with E-state index in [1.165, 1.54) is 0 Å². The molecule has 0 saturated carbocycles. The van der Waals surface area contributed by atoms with Crippen molar-refractivity contribution < 1.29 is 4.79 Å². The summed E-state index contributed by atoms with van der Waals surface area (Å²) in [6, 6.07) is 1.96. The lowest BCUT2D eigenvalue weighted by molar-refractivity contribution is -0.131. The maximum Gasteiger partial charge on any atom is 0.224 e. The van der Waals surface area contributed by atoms with Crippen LogP contribution in [-0.2, 0) is 11.3 Å². The minimum Gasteiger partial charge on any atom is -0.341 e. The smallest absolute Gasteiger partial charge is 0.224 e. The number of aromatic nitrogens is 2. The molecule has 1 saturated heterocycles. The first-order valence-electron chi connectivity index (χ1n) is 6.24. The molecule has 2 heterocycles. The summed E-state index contributed by atoms with van der Waals surface area (Å²) in [5, 5.41) is 7.58. The van der Waals surface area contributed by atoms with Crippen molar-refractivity contribution >= 4 is 5.91 Å². The molecule has 0 aliphatic carbocycles. The molecule has 0 bridgehead atoms. The highest BCUT2D eigenvalue weighted by Gasteiger charge is 2.14. The van der Waals surface area contributed by atoms with Gasteiger partial charge in [0.05, 0.1) is 5.69 Å². The number of carbonyl (C=O) groups is 1. The number of amides is 1. The van der Waals surface area contributed by atoms with Crippen LogP contribution in [0.2, 0.25) is 0 Å². The number of hydrogen-bond donors (Lipinski definition) is 1. The average molecular weight is 236 g/mol. The number of nitrogens with zero attached hydrogens (tertiary/aromatic N) is 3. The Morgan fingerprint density at radius 3 is 3.12 bits per heavy atom. The van der Waals surface area contributed by atoms with Gasteiger partial charge in [-0.25, -0.2) is 0 Å². The monoisotopic (exact) mass is 236 g/mol. The third-order valence-electron chi connectivity index (χ3n) is 3.02. The van der Waals surface area contributed by atoms with Gasteiger partial charge in [0.2, 0.25) is 5.91 Å². The molecule has 1 amide bonds. The van der Waals surface area contributed by atoms with Gasteiger partial charge in [0.25, 0.3) is 0 Å². The second-order valence-electron chi connectivity index (χ2n) is 4.45. The lowest BCUT2D eigenvalue weighted by Crippen LogP contribution is -2.34. The topological polar surface area (TPSA) is 50.2 Å². The van der Waals surface area contributed by atoms with Crippen LogP contribution >= 0.6 is 0 Å². The second kappa shape index (κ2) is 5.82. The van der Waals surface area contributed by atoms with Crippen LogP contribution in [0.5, 0.6) is 0 Å². The van der Waals surface area contributed by atoms with Crippen molar-refractivity contribution in [1.82, 2.24) is 20.0 Å². The highest BCUT2D eigenvalue weighted by atomic mass is 16.2. The van der Waals surface area contributed by atoms with Crippen molar-refractivity contribution in [2.45, 2.75) is 26.3 Å². The van der Waals surface area contributed by atoms with E-state index in [0.29, 0.717) is 13.0 Å². The largest absolute Gasteiger partial charge is 0.341 e. The highest BCUT2D eigenvalue weighted by molar-refractivity contribution is 5.76. The SMILES string of the molecule is Cc1ccn(CCC(=O)N2CCCNCC2)n1. The number of hydrogen-bond acceptors (Lipinski definition) is 3. The van der Waals surface area contributed by atoms with Crippen molar-refractivity contribution in [2.24, 2.45) is 0 Å². The molecule has 0 radical (unpaired) electrons. The maximum absolute atomic E-state index is 12.0. The van der Waals surface area contributed by atoms with Crippen molar-refractivity contribution in [3.8, 4) is 0 Å². The van der Waals surface area contributed by atoms with E-state index < -0.39 is 0 Å². The Morgan fingerprint density at radius 2 is 2.35 bits per heavy atom. The van der Waals surface area contributed by atoms with Crippen LogP contribution in [0.1, 0.15) is 18.5 Å². The molecule has 0 unspecified atom stereocenters. The van der Waals surface area contributed by atoms with Crippen molar-refractivity contribution in [1.29, 1.82) is 0 Å². The molecule has 2 rings (SSSR count). The lowest BCUT2D eigenvalue weighted by atomic mass is 10.3. The van der Waals surface area contributed by atoms with Gasteiger partial charge in [0, 0.05) is 38.8 Å². The van der Waals surface area contributed by atoms with Crippen LogP contribution in [0, 0.1) is 6.92 Å². The molecule has 1 aromatic heterocycles. The van der Waals surface area contributed by atoms with E-state index in [4.69, 9.17) is 0 Å². The van der Waals surface area contributed by atoms with Gasteiger partial charge in [-0.2, -0.15) is 5.10 Å². The molecule has 0 atom stereocenters. The quantitative estimate of drug-likeness (QED) is 0.826. The van der Waals surface area contributed by atoms with Gasteiger partial charge in [-0.1, -0.05) is 0 Å². The number of carbonyl (C=O) groups excluding carboxylic acids is 1. The molecular formula is C12H20N4O. The molecule has 1 fully saturated rings. The van der Waals surface area contributed by atoms with Gasteiger partial charge < -0.3 is 10.2 Å². The zero-order valence-electron chi connectivity index (χ0n) is 10.4. The van der Waals surface area contributed by atoms with Gasteiger partial charge in [0.1, 0.15) is 0 Å². The fourth-order valence-corrected chi connectivity index (χ4v) is 2.05. The molecule has 1 aliphatic heterocycles. The Bertz CT molecular complexity index is 366. The van der Waals surface area contributed by atoms with Crippen molar-refractivity contribution in [3.05, 3.63) is 18.0 Å². The zero-order valence-corrected chi connectivity index (χ0v) is 10.4. The molecule has 1 N–H and O–H groups in total. The summed E-state index contributed by atoms with van der Waals surface area (Å²) in [4.78, 5) is 13.9. The molecule has 17 heavy (non-hydrogen) atoms. The van der Waals surface area contributed by atoms with Gasteiger partial charge in [-0.15, -0.1) is 0 Å². The van der Waals surface area contributed by atoms with Crippen molar-refractivity contribution in [3.63, 3.8) is 0 Å². The number of nitrogens with one attached hydrogen (secondary N) is 1. The fourth-order valence-electron chi connectivity index (χ4n) is 2.05. The highest BCUT2D eigenvalue weighted by Crippen LogP contribution is 2.01. The Kier molecular flexibility index (Phi) is 4.14. The minimum atomic E-state index is 0.238. The van der Waals surface area contributed by atoms with E-state index in [1.807, 2.05) is 28.8 Å². The Morgan fingerprint density at radius 1 is 1.47 bits per heavy atom. The third-order valence-corrected chi connectivity index (χ3v) is 3.02. The summed E-state index contributed by atoms with van der Waals surface area (Å²) in [6.45, 7) is 6.27. The maximum atomic E-state index is 12.0. The average Bonchev–Trinajstić information content (AvgIpc) is 2.58. The summed E-state index contributed by atoms with van der Waals surface area (Å²) in [5.74, 6) is 0.238.